The molecule has 2 aromatic carbocycles. The van der Waals surface area contributed by atoms with E-state index < -0.39 is 11.6 Å². The minimum atomic E-state index is -0.676. The molecule has 2 heterocycles. The number of anilines is 1. The summed E-state index contributed by atoms with van der Waals surface area (Å²) in [6, 6.07) is 9.28. The zero-order valence-electron chi connectivity index (χ0n) is 12.5. The van der Waals surface area contributed by atoms with E-state index in [0.717, 1.165) is 10.0 Å². The SMILES string of the molecule is Cc1[nH]nc2c1N=C(c1c(F)cccc1F)Nc1ccc(Br)cc1-2. The van der Waals surface area contributed by atoms with Gasteiger partial charge in [0.05, 0.1) is 11.3 Å². The van der Waals surface area contributed by atoms with Gasteiger partial charge in [0.2, 0.25) is 0 Å². The molecule has 0 atom stereocenters. The van der Waals surface area contributed by atoms with Crippen molar-refractivity contribution < 1.29 is 8.78 Å². The maximum atomic E-state index is 14.2. The maximum Gasteiger partial charge on any atom is 0.144 e. The third kappa shape index (κ3) is 2.32. The van der Waals surface area contributed by atoms with E-state index in [1.807, 2.05) is 25.1 Å². The topological polar surface area (TPSA) is 53.1 Å². The van der Waals surface area contributed by atoms with E-state index in [1.165, 1.54) is 18.2 Å². The van der Waals surface area contributed by atoms with Crippen LogP contribution in [0.4, 0.5) is 20.2 Å². The van der Waals surface area contributed by atoms with Crippen molar-refractivity contribution in [1.29, 1.82) is 0 Å². The average molecular weight is 389 g/mol. The molecule has 0 aliphatic carbocycles. The summed E-state index contributed by atoms with van der Waals surface area (Å²) in [4.78, 5) is 4.45. The van der Waals surface area contributed by atoms with Crippen LogP contribution in [-0.2, 0) is 0 Å². The summed E-state index contributed by atoms with van der Waals surface area (Å²) in [5.74, 6) is -1.24. The van der Waals surface area contributed by atoms with Crippen LogP contribution in [0.15, 0.2) is 45.9 Å². The van der Waals surface area contributed by atoms with Gasteiger partial charge in [-0.3, -0.25) is 5.10 Å². The summed E-state index contributed by atoms with van der Waals surface area (Å²) in [5.41, 5.74) is 3.16. The molecule has 1 aliphatic heterocycles. The van der Waals surface area contributed by atoms with E-state index >= 15 is 0 Å². The van der Waals surface area contributed by atoms with Gasteiger partial charge in [-0.05, 0) is 37.3 Å². The Bertz CT molecular complexity index is 974. The van der Waals surface area contributed by atoms with E-state index in [9.17, 15) is 8.78 Å². The first-order valence-electron chi connectivity index (χ1n) is 7.19. The van der Waals surface area contributed by atoms with Gasteiger partial charge in [0.1, 0.15) is 28.9 Å². The second kappa shape index (κ2) is 5.52. The number of halogens is 3. The second-order valence-electron chi connectivity index (χ2n) is 5.42. The molecule has 3 aromatic rings. The molecule has 0 fully saturated rings. The highest BCUT2D eigenvalue weighted by Gasteiger charge is 2.24. The third-order valence-electron chi connectivity index (χ3n) is 3.83. The molecule has 0 spiro atoms. The van der Waals surface area contributed by atoms with E-state index in [-0.39, 0.29) is 11.4 Å². The lowest BCUT2D eigenvalue weighted by Gasteiger charge is -2.12. The van der Waals surface area contributed by atoms with Gasteiger partial charge in [0, 0.05) is 15.7 Å². The van der Waals surface area contributed by atoms with Crippen molar-refractivity contribution in [3.8, 4) is 11.3 Å². The molecule has 120 valence electrons. The van der Waals surface area contributed by atoms with Gasteiger partial charge in [-0.1, -0.05) is 22.0 Å². The first-order valence-corrected chi connectivity index (χ1v) is 7.99. The first-order chi connectivity index (χ1) is 11.5. The molecule has 0 bridgehead atoms. The molecule has 0 radical (unpaired) electrons. The lowest BCUT2D eigenvalue weighted by atomic mass is 10.1. The number of aromatic nitrogens is 2. The summed E-state index contributed by atoms with van der Waals surface area (Å²) in [5, 5.41) is 10.2. The predicted octanol–water partition coefficient (Wildman–Crippen LogP) is 4.93. The highest BCUT2D eigenvalue weighted by molar-refractivity contribution is 9.10. The minimum Gasteiger partial charge on any atom is -0.339 e. The number of aryl methyl sites for hydroxylation is 1. The summed E-state index contributed by atoms with van der Waals surface area (Å²) >= 11 is 3.43. The minimum absolute atomic E-state index is 0.109. The van der Waals surface area contributed by atoms with Crippen molar-refractivity contribution in [2.24, 2.45) is 4.99 Å². The third-order valence-corrected chi connectivity index (χ3v) is 4.32. The largest absolute Gasteiger partial charge is 0.339 e. The maximum absolute atomic E-state index is 14.2. The molecule has 24 heavy (non-hydrogen) atoms. The Kier molecular flexibility index (Phi) is 3.45. The summed E-state index contributed by atoms with van der Waals surface area (Å²) in [6.45, 7) is 1.81. The highest BCUT2D eigenvalue weighted by atomic mass is 79.9. The molecule has 7 heteroatoms. The van der Waals surface area contributed by atoms with Gasteiger partial charge < -0.3 is 5.32 Å². The van der Waals surface area contributed by atoms with Gasteiger partial charge in [-0.15, -0.1) is 0 Å². The number of nitrogens with zero attached hydrogens (tertiary/aromatic N) is 2. The first kappa shape index (κ1) is 15.0. The van der Waals surface area contributed by atoms with E-state index in [0.29, 0.717) is 22.8 Å². The van der Waals surface area contributed by atoms with E-state index in [2.05, 4.69) is 36.4 Å². The smallest absolute Gasteiger partial charge is 0.144 e. The van der Waals surface area contributed by atoms with Crippen LogP contribution >= 0.6 is 15.9 Å². The number of nitrogens with one attached hydrogen (secondary N) is 2. The number of aromatic amines is 1. The van der Waals surface area contributed by atoms with Gasteiger partial charge in [0.15, 0.2) is 0 Å². The monoisotopic (exact) mass is 388 g/mol. The number of amidine groups is 1. The lowest BCUT2D eigenvalue weighted by Crippen LogP contribution is -2.17. The van der Waals surface area contributed by atoms with Crippen molar-refractivity contribution in [1.82, 2.24) is 10.2 Å². The lowest BCUT2D eigenvalue weighted by molar-refractivity contribution is 0.579. The van der Waals surface area contributed by atoms with Gasteiger partial charge in [0.25, 0.3) is 0 Å². The number of benzene rings is 2. The zero-order valence-corrected chi connectivity index (χ0v) is 14.1. The van der Waals surface area contributed by atoms with Crippen LogP contribution < -0.4 is 5.32 Å². The van der Waals surface area contributed by atoms with Crippen LogP contribution in [0, 0.1) is 18.6 Å². The molecule has 4 rings (SSSR count). The number of fused-ring (bicyclic) bond motifs is 3. The summed E-state index contributed by atoms with van der Waals surface area (Å²) < 4.78 is 29.3. The van der Waals surface area contributed by atoms with Crippen LogP contribution in [0.3, 0.4) is 0 Å². The van der Waals surface area contributed by atoms with Crippen LogP contribution in [-0.4, -0.2) is 16.0 Å². The van der Waals surface area contributed by atoms with Crippen molar-refractivity contribution in [3.05, 3.63) is 63.8 Å². The quantitative estimate of drug-likeness (QED) is 0.620. The molecule has 0 unspecified atom stereocenters. The Morgan fingerprint density at radius 3 is 2.58 bits per heavy atom. The zero-order chi connectivity index (χ0) is 16.8. The predicted molar refractivity (Wildman–Crippen MR) is 92.6 cm³/mol. The summed E-state index contributed by atoms with van der Waals surface area (Å²) in [7, 11) is 0. The molecule has 1 aliphatic rings. The van der Waals surface area contributed by atoms with Crippen LogP contribution in [0.1, 0.15) is 11.3 Å². The van der Waals surface area contributed by atoms with Crippen molar-refractivity contribution in [2.75, 3.05) is 5.32 Å². The Labute approximate surface area is 144 Å². The summed E-state index contributed by atoms with van der Waals surface area (Å²) in [6.07, 6.45) is 0. The van der Waals surface area contributed by atoms with Crippen molar-refractivity contribution in [2.45, 2.75) is 6.92 Å². The number of hydrogen-bond acceptors (Lipinski definition) is 3. The molecule has 4 nitrogen and oxygen atoms in total. The van der Waals surface area contributed by atoms with Crippen LogP contribution in [0.25, 0.3) is 11.3 Å². The molecule has 1 aromatic heterocycles. The van der Waals surface area contributed by atoms with E-state index in [1.54, 1.807) is 0 Å². The standard InChI is InChI=1S/C17H11BrF2N4/c1-8-15-16(24-23-8)10-7-9(18)5-6-13(10)21-17(22-15)14-11(19)3-2-4-12(14)20/h2-7H,1H3,(H,21,22)(H,23,24). The molecule has 2 N–H and O–H groups in total. The van der Waals surface area contributed by atoms with Gasteiger partial charge >= 0.3 is 0 Å². The number of aliphatic imine (C=N–C) groups is 1. The number of hydrogen-bond donors (Lipinski definition) is 2. The average Bonchev–Trinajstić information content (AvgIpc) is 2.81. The van der Waals surface area contributed by atoms with Crippen LogP contribution in [0.2, 0.25) is 0 Å². The fourth-order valence-corrected chi connectivity index (χ4v) is 3.04. The highest BCUT2D eigenvalue weighted by Crippen LogP contribution is 2.40. The fourth-order valence-electron chi connectivity index (χ4n) is 2.68. The van der Waals surface area contributed by atoms with Gasteiger partial charge in [-0.2, -0.15) is 5.10 Å². The molecule has 0 saturated carbocycles. The Morgan fingerprint density at radius 2 is 1.83 bits per heavy atom. The normalized spacial score (nSPS) is 12.8. The number of rotatable bonds is 1. The van der Waals surface area contributed by atoms with Crippen molar-refractivity contribution in [3.63, 3.8) is 0 Å². The fraction of sp³-hybridized carbons (Fsp3) is 0.0588. The molecular weight excluding hydrogens is 378 g/mol. The Morgan fingerprint density at radius 1 is 1.08 bits per heavy atom. The molecule has 0 amide bonds. The molecular formula is C17H11BrF2N4. The number of H-pyrrole nitrogens is 1. The molecule has 0 saturated heterocycles. The second-order valence-corrected chi connectivity index (χ2v) is 6.33. The van der Waals surface area contributed by atoms with Crippen molar-refractivity contribution >= 4 is 33.1 Å². The van der Waals surface area contributed by atoms with Gasteiger partial charge in [-0.25, -0.2) is 13.8 Å². The van der Waals surface area contributed by atoms with E-state index in [4.69, 9.17) is 0 Å². The van der Waals surface area contributed by atoms with Crippen LogP contribution in [0.5, 0.6) is 0 Å². The Hall–Kier alpha value is -2.54. The Balaban J connectivity index is 2.01.